The highest BCUT2D eigenvalue weighted by Gasteiger charge is 2.29. The number of fused-ring (bicyclic) bond motifs is 3. The van der Waals surface area contributed by atoms with E-state index >= 15 is 0 Å². The Balaban J connectivity index is 2.16. The third-order valence-corrected chi connectivity index (χ3v) is 4.53. The third-order valence-electron chi connectivity index (χ3n) is 3.70. The second-order valence-electron chi connectivity index (χ2n) is 4.96. The molecule has 0 heterocycles. The second-order valence-corrected chi connectivity index (χ2v) is 6.78. The molecule has 1 unspecified atom stereocenters. The lowest BCUT2D eigenvalue weighted by Crippen LogP contribution is -2.19. The van der Waals surface area contributed by atoms with Gasteiger partial charge in [-0.3, -0.25) is 0 Å². The Labute approximate surface area is 122 Å². The van der Waals surface area contributed by atoms with Crippen molar-refractivity contribution in [2.75, 3.05) is 0 Å². The van der Waals surface area contributed by atoms with Gasteiger partial charge in [-0.25, -0.2) is 0 Å². The highest BCUT2D eigenvalue weighted by atomic mass is 35.5. The van der Waals surface area contributed by atoms with Gasteiger partial charge < -0.3 is 0 Å². The van der Waals surface area contributed by atoms with Gasteiger partial charge in [0.2, 0.25) is 0 Å². The van der Waals surface area contributed by atoms with Crippen LogP contribution in [-0.2, 0) is 10.9 Å². The Morgan fingerprint density at radius 3 is 2.68 bits per heavy atom. The fraction of sp³-hybridized carbons (Fsp3) is 0.176. The lowest BCUT2D eigenvalue weighted by molar-refractivity contribution is 0.852. The molecule has 2 aromatic rings. The number of halogens is 1. The quantitative estimate of drug-likeness (QED) is 0.379. The van der Waals surface area contributed by atoms with Crippen molar-refractivity contribution in [2.24, 2.45) is 0 Å². The van der Waals surface area contributed by atoms with Crippen molar-refractivity contribution in [2.45, 2.75) is 17.3 Å². The Morgan fingerprint density at radius 1 is 1.16 bits per heavy atom. The summed E-state index contributed by atoms with van der Waals surface area (Å²) in [7, 11) is 3.70. The summed E-state index contributed by atoms with van der Waals surface area (Å²) in [4.78, 5) is 0. The summed E-state index contributed by atoms with van der Waals surface area (Å²) < 4.78 is -0.560. The topological polar surface area (TPSA) is 0 Å². The molecule has 0 amide bonds. The summed E-state index contributed by atoms with van der Waals surface area (Å²) >= 11 is 6.63. The minimum absolute atomic E-state index is 0.560. The van der Waals surface area contributed by atoms with E-state index in [1.807, 2.05) is 6.08 Å². The van der Waals surface area contributed by atoms with Gasteiger partial charge in [-0.1, -0.05) is 48.5 Å². The molecule has 0 fully saturated rings. The molecule has 0 saturated carbocycles. The van der Waals surface area contributed by atoms with Gasteiger partial charge >= 0.3 is 0 Å². The molecule has 93 valence electrons. The van der Waals surface area contributed by atoms with E-state index in [0.29, 0.717) is 6.42 Å². The molecule has 2 heteroatoms. The minimum atomic E-state index is -0.560. The number of alkyl halides is 1. The minimum Gasteiger partial charge on any atom is -0.118 e. The summed E-state index contributed by atoms with van der Waals surface area (Å²) in [5.41, 5.74) is 6.50. The maximum atomic E-state index is 6.63. The van der Waals surface area contributed by atoms with Crippen LogP contribution in [0.4, 0.5) is 0 Å². The Kier molecular flexibility index (Phi) is 3.12. The van der Waals surface area contributed by atoms with Crippen molar-refractivity contribution in [3.8, 4) is 11.1 Å². The van der Waals surface area contributed by atoms with Crippen LogP contribution in [0.15, 0.2) is 55.1 Å². The van der Waals surface area contributed by atoms with Gasteiger partial charge in [-0.2, -0.15) is 0 Å². The Hall–Kier alpha value is -1.31. The molecular weight excluding hydrogens is 268 g/mol. The zero-order chi connectivity index (χ0) is 13.5. The van der Waals surface area contributed by atoms with Gasteiger partial charge in [0, 0.05) is 0 Å². The molecule has 0 nitrogen and oxygen atoms in total. The van der Waals surface area contributed by atoms with E-state index in [2.05, 4.69) is 59.3 Å². The van der Waals surface area contributed by atoms with Crippen molar-refractivity contribution >= 4 is 21.8 Å². The third kappa shape index (κ3) is 2.07. The lowest BCUT2D eigenvalue weighted by Gasteiger charge is -2.24. The SMILES string of the molecule is C=CCC([Si])(Cl)c1cccc2c1Cc1ccccc1-2. The van der Waals surface area contributed by atoms with E-state index in [-0.39, 0.29) is 0 Å². The van der Waals surface area contributed by atoms with Crippen molar-refractivity contribution in [1.82, 2.24) is 0 Å². The summed E-state index contributed by atoms with van der Waals surface area (Å²) in [5.74, 6) is 0. The summed E-state index contributed by atoms with van der Waals surface area (Å²) in [6, 6.07) is 14.9. The first kappa shape index (κ1) is 12.7. The molecule has 0 aliphatic heterocycles. The average Bonchev–Trinajstić information content (AvgIpc) is 2.76. The van der Waals surface area contributed by atoms with Crippen LogP contribution in [0.25, 0.3) is 11.1 Å². The van der Waals surface area contributed by atoms with Crippen LogP contribution in [-0.4, -0.2) is 10.2 Å². The van der Waals surface area contributed by atoms with E-state index in [4.69, 9.17) is 11.6 Å². The fourth-order valence-corrected chi connectivity index (χ4v) is 3.50. The molecule has 1 aliphatic carbocycles. The van der Waals surface area contributed by atoms with E-state index in [1.54, 1.807) is 0 Å². The van der Waals surface area contributed by atoms with Crippen LogP contribution >= 0.6 is 11.6 Å². The number of hydrogen-bond acceptors (Lipinski definition) is 0. The summed E-state index contributed by atoms with van der Waals surface area (Å²) in [6.45, 7) is 3.79. The van der Waals surface area contributed by atoms with Crippen molar-refractivity contribution in [3.05, 3.63) is 71.8 Å². The van der Waals surface area contributed by atoms with E-state index in [9.17, 15) is 0 Å². The van der Waals surface area contributed by atoms with Crippen LogP contribution in [0, 0.1) is 0 Å². The standard InChI is InChI=1S/C17H14ClSi/c1-2-10-17(18,19)16-9-5-8-14-13-7-4-3-6-12(13)11-15(14)16/h2-9H,1,10-11H2. The van der Waals surface area contributed by atoms with Gasteiger partial charge in [0.05, 0.1) is 14.7 Å². The monoisotopic (exact) mass is 281 g/mol. The van der Waals surface area contributed by atoms with Crippen molar-refractivity contribution in [3.63, 3.8) is 0 Å². The predicted molar refractivity (Wildman–Crippen MR) is 82.8 cm³/mol. The zero-order valence-corrected chi connectivity index (χ0v) is 12.4. The maximum absolute atomic E-state index is 6.63. The van der Waals surface area contributed by atoms with Crippen LogP contribution in [0.5, 0.6) is 0 Å². The molecule has 1 aliphatic rings. The molecular formula is C17H14ClSi. The maximum Gasteiger partial charge on any atom is 0.0606 e. The first-order valence-electron chi connectivity index (χ1n) is 6.39. The number of benzene rings is 2. The van der Waals surface area contributed by atoms with Gasteiger partial charge in [0.15, 0.2) is 0 Å². The molecule has 1 atom stereocenters. The van der Waals surface area contributed by atoms with Gasteiger partial charge in [-0.05, 0) is 40.7 Å². The number of hydrogen-bond donors (Lipinski definition) is 0. The summed E-state index contributed by atoms with van der Waals surface area (Å²) in [5, 5.41) is 0. The molecule has 0 N–H and O–H groups in total. The molecule has 3 radical (unpaired) electrons. The van der Waals surface area contributed by atoms with Crippen LogP contribution < -0.4 is 0 Å². The average molecular weight is 282 g/mol. The molecule has 3 rings (SSSR count). The van der Waals surface area contributed by atoms with Crippen LogP contribution in [0.2, 0.25) is 0 Å². The van der Waals surface area contributed by atoms with E-state index in [1.165, 1.54) is 22.3 Å². The Morgan fingerprint density at radius 2 is 1.89 bits per heavy atom. The predicted octanol–water partition coefficient (Wildman–Crippen LogP) is 4.39. The lowest BCUT2D eigenvalue weighted by atomic mass is 9.97. The largest absolute Gasteiger partial charge is 0.118 e. The summed E-state index contributed by atoms with van der Waals surface area (Å²) in [6.07, 6.45) is 3.50. The highest BCUT2D eigenvalue weighted by Crippen LogP contribution is 2.43. The molecule has 0 aromatic heterocycles. The van der Waals surface area contributed by atoms with Gasteiger partial charge in [0.25, 0.3) is 0 Å². The van der Waals surface area contributed by atoms with E-state index in [0.717, 1.165) is 12.0 Å². The van der Waals surface area contributed by atoms with Crippen molar-refractivity contribution in [1.29, 1.82) is 0 Å². The normalized spacial score (nSPS) is 15.5. The molecule has 0 bridgehead atoms. The first-order valence-corrected chi connectivity index (χ1v) is 7.27. The van der Waals surface area contributed by atoms with E-state index < -0.39 is 4.50 Å². The fourth-order valence-electron chi connectivity index (χ4n) is 2.84. The van der Waals surface area contributed by atoms with Crippen LogP contribution in [0.1, 0.15) is 23.1 Å². The molecule has 2 aromatic carbocycles. The molecule has 0 saturated heterocycles. The van der Waals surface area contributed by atoms with Gasteiger partial charge in [-0.15, -0.1) is 18.2 Å². The smallest absolute Gasteiger partial charge is 0.0606 e. The van der Waals surface area contributed by atoms with Gasteiger partial charge in [0.1, 0.15) is 0 Å². The first-order chi connectivity index (χ1) is 9.13. The molecule has 19 heavy (non-hydrogen) atoms. The highest BCUT2D eigenvalue weighted by molar-refractivity contribution is 6.44. The number of rotatable bonds is 3. The molecule has 0 spiro atoms. The van der Waals surface area contributed by atoms with Crippen molar-refractivity contribution < 1.29 is 0 Å². The van der Waals surface area contributed by atoms with Crippen LogP contribution in [0.3, 0.4) is 0 Å². The second kappa shape index (κ2) is 4.66. The number of allylic oxidation sites excluding steroid dienone is 1. The zero-order valence-electron chi connectivity index (χ0n) is 10.6. The Bertz CT molecular complexity index is 643.